The lowest BCUT2D eigenvalue weighted by molar-refractivity contribution is 0.102. The van der Waals surface area contributed by atoms with Gasteiger partial charge in [-0.1, -0.05) is 59.6 Å². The summed E-state index contributed by atoms with van der Waals surface area (Å²) in [6, 6.07) is 20.6. The molecule has 5 nitrogen and oxygen atoms in total. The van der Waals surface area contributed by atoms with Gasteiger partial charge in [-0.3, -0.25) is 9.59 Å². The van der Waals surface area contributed by atoms with Crippen molar-refractivity contribution in [1.82, 2.24) is 9.78 Å². The van der Waals surface area contributed by atoms with Crippen molar-refractivity contribution in [3.05, 3.63) is 98.9 Å². The van der Waals surface area contributed by atoms with Crippen molar-refractivity contribution in [2.24, 2.45) is 0 Å². The number of hydrogen-bond acceptors (Lipinski definition) is 3. The number of fused-ring (bicyclic) bond motifs is 1. The smallest absolute Gasteiger partial charge is 0.279 e. The first-order valence-corrected chi connectivity index (χ1v) is 9.14. The van der Waals surface area contributed by atoms with Crippen LogP contribution in [0.15, 0.2) is 77.6 Å². The van der Waals surface area contributed by atoms with Crippen molar-refractivity contribution in [2.75, 3.05) is 5.32 Å². The molecular weight excluding hydrogens is 397 g/mol. The summed E-state index contributed by atoms with van der Waals surface area (Å²) in [5.74, 6) is -0.481. The Balaban J connectivity index is 1.87. The molecule has 0 bridgehead atoms. The van der Waals surface area contributed by atoms with Crippen molar-refractivity contribution in [3.63, 3.8) is 0 Å². The number of nitrogens with one attached hydrogen (secondary N) is 1. The highest BCUT2D eigenvalue weighted by atomic mass is 35.5. The van der Waals surface area contributed by atoms with E-state index < -0.39 is 5.91 Å². The van der Waals surface area contributed by atoms with Gasteiger partial charge in [0.15, 0.2) is 5.69 Å². The largest absolute Gasteiger partial charge is 0.319 e. The van der Waals surface area contributed by atoms with Crippen LogP contribution in [-0.4, -0.2) is 15.7 Å². The number of hydrogen-bond donors (Lipinski definition) is 1. The van der Waals surface area contributed by atoms with E-state index in [4.69, 9.17) is 23.2 Å². The van der Waals surface area contributed by atoms with Crippen molar-refractivity contribution >= 4 is 45.6 Å². The number of nitrogens with zero attached hydrogens (tertiary/aromatic N) is 2. The summed E-state index contributed by atoms with van der Waals surface area (Å²) < 4.78 is 1.22. The fourth-order valence-electron chi connectivity index (χ4n) is 2.87. The average molecular weight is 410 g/mol. The van der Waals surface area contributed by atoms with Gasteiger partial charge in [-0.25, -0.2) is 0 Å². The summed E-state index contributed by atoms with van der Waals surface area (Å²) >= 11 is 12.1. The zero-order valence-corrected chi connectivity index (χ0v) is 15.9. The van der Waals surface area contributed by atoms with Gasteiger partial charge in [-0.2, -0.15) is 9.78 Å². The van der Waals surface area contributed by atoms with E-state index in [0.717, 1.165) is 0 Å². The zero-order chi connectivity index (χ0) is 19.7. The molecule has 1 N–H and O–H groups in total. The molecular formula is C21H13Cl2N3O2. The van der Waals surface area contributed by atoms with Gasteiger partial charge in [0, 0.05) is 10.4 Å². The van der Waals surface area contributed by atoms with E-state index in [2.05, 4.69) is 10.4 Å². The number of carbonyl (C=O) groups excluding carboxylic acids is 1. The van der Waals surface area contributed by atoms with E-state index in [0.29, 0.717) is 32.2 Å². The number of amides is 1. The van der Waals surface area contributed by atoms with Crippen LogP contribution >= 0.6 is 23.2 Å². The third kappa shape index (κ3) is 3.38. The first-order valence-electron chi connectivity index (χ1n) is 8.38. The van der Waals surface area contributed by atoms with Crippen molar-refractivity contribution in [1.29, 1.82) is 0 Å². The molecule has 0 aliphatic heterocycles. The van der Waals surface area contributed by atoms with Crippen LogP contribution in [0.3, 0.4) is 0 Å². The predicted octanol–water partition coefficient (Wildman–Crippen LogP) is 4.94. The molecule has 0 aliphatic carbocycles. The summed E-state index contributed by atoms with van der Waals surface area (Å²) in [5.41, 5.74) is 0.782. The molecule has 0 aliphatic rings. The van der Waals surface area contributed by atoms with Crippen LogP contribution in [0.1, 0.15) is 10.5 Å². The van der Waals surface area contributed by atoms with Crippen LogP contribution in [0.5, 0.6) is 0 Å². The molecule has 0 saturated carbocycles. The second kappa shape index (κ2) is 7.46. The number of aromatic nitrogens is 2. The standard InChI is InChI=1S/C21H13Cl2N3O2/c22-13-10-11-18(17(23)12-13)24-20(27)19-15-8-4-5-9-16(15)21(28)26(25-19)14-6-2-1-3-7-14/h1-12H,(H,24,27). The molecule has 0 spiro atoms. The molecule has 4 aromatic rings. The minimum absolute atomic E-state index is 0.116. The second-order valence-electron chi connectivity index (χ2n) is 6.02. The summed E-state index contributed by atoms with van der Waals surface area (Å²) in [6.07, 6.45) is 0. The molecule has 1 heterocycles. The molecule has 28 heavy (non-hydrogen) atoms. The van der Waals surface area contributed by atoms with Gasteiger partial charge in [-0.15, -0.1) is 0 Å². The number of carbonyl (C=O) groups is 1. The van der Waals surface area contributed by atoms with Gasteiger partial charge in [0.05, 0.1) is 21.8 Å². The number of anilines is 1. The first kappa shape index (κ1) is 18.2. The van der Waals surface area contributed by atoms with Crippen LogP contribution in [0, 0.1) is 0 Å². The van der Waals surface area contributed by atoms with Gasteiger partial charge < -0.3 is 5.32 Å². The lowest BCUT2D eigenvalue weighted by Gasteiger charge is -2.12. The van der Waals surface area contributed by atoms with E-state index in [9.17, 15) is 9.59 Å². The molecule has 138 valence electrons. The molecule has 4 rings (SSSR count). The maximum atomic E-state index is 13.0. The maximum Gasteiger partial charge on any atom is 0.279 e. The molecule has 1 aromatic heterocycles. The van der Waals surface area contributed by atoms with E-state index >= 15 is 0 Å². The lowest BCUT2D eigenvalue weighted by Crippen LogP contribution is -2.26. The van der Waals surface area contributed by atoms with E-state index in [1.165, 1.54) is 10.7 Å². The average Bonchev–Trinajstić information content (AvgIpc) is 2.71. The molecule has 0 unspecified atom stereocenters. The summed E-state index contributed by atoms with van der Waals surface area (Å²) in [4.78, 5) is 25.9. The lowest BCUT2D eigenvalue weighted by atomic mass is 10.1. The first-order chi connectivity index (χ1) is 13.5. The number of halogens is 2. The number of para-hydroxylation sites is 1. The van der Waals surface area contributed by atoms with Crippen LogP contribution < -0.4 is 10.9 Å². The highest BCUT2D eigenvalue weighted by molar-refractivity contribution is 6.36. The number of rotatable bonds is 3. The summed E-state index contributed by atoms with van der Waals surface area (Å²) in [6.45, 7) is 0. The SMILES string of the molecule is O=C(Nc1ccc(Cl)cc1Cl)c1nn(-c2ccccc2)c(=O)c2ccccc12. The van der Waals surface area contributed by atoms with Crippen molar-refractivity contribution in [3.8, 4) is 5.69 Å². The zero-order valence-electron chi connectivity index (χ0n) is 14.4. The monoisotopic (exact) mass is 409 g/mol. The predicted molar refractivity (Wildman–Crippen MR) is 112 cm³/mol. The Labute approximate surface area is 170 Å². The molecule has 0 fully saturated rings. The van der Waals surface area contributed by atoms with Crippen molar-refractivity contribution in [2.45, 2.75) is 0 Å². The van der Waals surface area contributed by atoms with Crippen molar-refractivity contribution < 1.29 is 4.79 Å². The van der Waals surface area contributed by atoms with Gasteiger partial charge in [-0.05, 0) is 36.4 Å². The van der Waals surface area contributed by atoms with E-state index in [1.807, 2.05) is 6.07 Å². The third-order valence-electron chi connectivity index (χ3n) is 4.20. The summed E-state index contributed by atoms with van der Waals surface area (Å²) in [7, 11) is 0. The minimum Gasteiger partial charge on any atom is -0.319 e. The van der Waals surface area contributed by atoms with Crippen LogP contribution in [0.4, 0.5) is 5.69 Å². The Bertz CT molecular complexity index is 1250. The summed E-state index contributed by atoms with van der Waals surface area (Å²) in [5, 5.41) is 8.70. The van der Waals surface area contributed by atoms with Crippen LogP contribution in [0.2, 0.25) is 10.0 Å². The van der Waals surface area contributed by atoms with Crippen LogP contribution in [-0.2, 0) is 0 Å². The normalized spacial score (nSPS) is 10.8. The Morgan fingerprint density at radius 1 is 0.893 bits per heavy atom. The third-order valence-corrected chi connectivity index (χ3v) is 4.75. The van der Waals surface area contributed by atoms with Gasteiger partial charge in [0.1, 0.15) is 0 Å². The Morgan fingerprint density at radius 3 is 2.29 bits per heavy atom. The van der Waals surface area contributed by atoms with Gasteiger partial charge in [0.25, 0.3) is 11.5 Å². The highest BCUT2D eigenvalue weighted by Crippen LogP contribution is 2.26. The van der Waals surface area contributed by atoms with Crippen LogP contribution in [0.25, 0.3) is 16.5 Å². The molecule has 7 heteroatoms. The Kier molecular flexibility index (Phi) is 4.86. The Morgan fingerprint density at radius 2 is 1.57 bits per heavy atom. The second-order valence-corrected chi connectivity index (χ2v) is 6.87. The molecule has 0 radical (unpaired) electrons. The maximum absolute atomic E-state index is 13.0. The van der Waals surface area contributed by atoms with Gasteiger partial charge in [0.2, 0.25) is 0 Å². The quantitative estimate of drug-likeness (QED) is 0.520. The topological polar surface area (TPSA) is 64.0 Å². The Hall–Kier alpha value is -3.15. The molecule has 3 aromatic carbocycles. The molecule has 0 saturated heterocycles. The highest BCUT2D eigenvalue weighted by Gasteiger charge is 2.18. The molecule has 0 atom stereocenters. The van der Waals surface area contributed by atoms with E-state index in [-0.39, 0.29) is 11.3 Å². The van der Waals surface area contributed by atoms with E-state index in [1.54, 1.807) is 60.7 Å². The molecule has 1 amide bonds. The van der Waals surface area contributed by atoms with Gasteiger partial charge >= 0.3 is 0 Å². The number of benzene rings is 3. The fraction of sp³-hybridized carbons (Fsp3) is 0. The minimum atomic E-state index is -0.481. The fourth-order valence-corrected chi connectivity index (χ4v) is 3.33.